The second-order valence-electron chi connectivity index (χ2n) is 8.91. The number of hydrogen-bond acceptors (Lipinski definition) is 3. The lowest BCUT2D eigenvalue weighted by atomic mass is 9.83. The first-order valence-corrected chi connectivity index (χ1v) is 12.0. The van der Waals surface area contributed by atoms with Gasteiger partial charge in [0.25, 0.3) is 0 Å². The minimum Gasteiger partial charge on any atom is -0.356 e. The summed E-state index contributed by atoms with van der Waals surface area (Å²) in [5, 5.41) is 0. The average Bonchev–Trinajstić information content (AvgIpc) is 2.71. The molecule has 0 unspecified atom stereocenters. The molecule has 0 spiro atoms. The van der Waals surface area contributed by atoms with Gasteiger partial charge in [-0.2, -0.15) is 0 Å². The molecule has 0 heterocycles. The second-order valence-corrected chi connectivity index (χ2v) is 14.5. The molecule has 0 radical (unpaired) electrons. The first-order valence-electron chi connectivity index (χ1n) is 8.34. The van der Waals surface area contributed by atoms with Crippen molar-refractivity contribution in [1.82, 2.24) is 0 Å². The van der Waals surface area contributed by atoms with Crippen molar-refractivity contribution in [2.24, 2.45) is 23.2 Å². The molecule has 2 aliphatic rings. The van der Waals surface area contributed by atoms with Crippen LogP contribution >= 0.6 is 0 Å². The van der Waals surface area contributed by atoms with Crippen LogP contribution in [0.3, 0.4) is 0 Å². The molecule has 0 aromatic rings. The van der Waals surface area contributed by atoms with Gasteiger partial charge in [-0.1, -0.05) is 40.4 Å². The van der Waals surface area contributed by atoms with Crippen LogP contribution in [0, 0.1) is 23.2 Å². The van der Waals surface area contributed by atoms with Crippen LogP contribution < -0.4 is 0 Å². The van der Waals surface area contributed by atoms with E-state index in [4.69, 9.17) is 9.47 Å². The van der Waals surface area contributed by atoms with Crippen molar-refractivity contribution < 1.29 is 14.3 Å². The molecule has 2 aliphatic carbocycles. The van der Waals surface area contributed by atoms with Gasteiger partial charge in [0.2, 0.25) is 0 Å². The Balaban J connectivity index is 1.84. The van der Waals surface area contributed by atoms with Crippen LogP contribution in [0.1, 0.15) is 33.6 Å². The van der Waals surface area contributed by atoms with Crippen LogP contribution in [0.15, 0.2) is 0 Å². The summed E-state index contributed by atoms with van der Waals surface area (Å²) in [6.07, 6.45) is 2.02. The van der Waals surface area contributed by atoms with Crippen LogP contribution in [0.25, 0.3) is 0 Å². The fourth-order valence-electron chi connectivity index (χ4n) is 4.13. The maximum atomic E-state index is 11.9. The van der Waals surface area contributed by atoms with Gasteiger partial charge >= 0.3 is 0 Å². The minimum atomic E-state index is -1.03. The number of carbonyl (C=O) groups excluding carboxylic acids is 1. The topological polar surface area (TPSA) is 35.5 Å². The smallest absolute Gasteiger partial charge is 0.147 e. The Morgan fingerprint density at radius 2 is 1.95 bits per heavy atom. The third kappa shape index (κ3) is 3.96. The number of ether oxygens (including phenoxy) is 2. The predicted molar refractivity (Wildman–Crippen MR) is 88.0 cm³/mol. The molecule has 4 heteroatoms. The lowest BCUT2D eigenvalue weighted by molar-refractivity contribution is -0.137. The Hall–Kier alpha value is -0.193. The molecular formula is C17H32O3Si. The monoisotopic (exact) mass is 312 g/mol. The summed E-state index contributed by atoms with van der Waals surface area (Å²) in [6.45, 7) is 14.9. The van der Waals surface area contributed by atoms with Gasteiger partial charge in [-0.15, -0.1) is 0 Å². The maximum absolute atomic E-state index is 11.9. The molecule has 0 aromatic heterocycles. The van der Waals surface area contributed by atoms with Crippen molar-refractivity contribution in [2.45, 2.75) is 65.4 Å². The van der Waals surface area contributed by atoms with E-state index in [0.717, 1.165) is 19.4 Å². The summed E-state index contributed by atoms with van der Waals surface area (Å²) in [7, 11) is -1.03. The van der Waals surface area contributed by atoms with Gasteiger partial charge in [0.15, 0.2) is 0 Å². The molecule has 2 saturated carbocycles. The van der Waals surface area contributed by atoms with Crippen LogP contribution in [0.5, 0.6) is 0 Å². The van der Waals surface area contributed by atoms with Gasteiger partial charge < -0.3 is 9.47 Å². The number of fused-ring (bicyclic) bond motifs is 1. The Morgan fingerprint density at radius 1 is 1.29 bits per heavy atom. The minimum absolute atomic E-state index is 0.156. The van der Waals surface area contributed by atoms with Crippen LogP contribution in [0.4, 0.5) is 0 Å². The molecule has 21 heavy (non-hydrogen) atoms. The van der Waals surface area contributed by atoms with E-state index in [-0.39, 0.29) is 17.4 Å². The summed E-state index contributed by atoms with van der Waals surface area (Å²) in [5.41, 5.74) is 0.159. The first-order chi connectivity index (χ1) is 9.62. The Morgan fingerprint density at radius 3 is 2.57 bits per heavy atom. The Labute approximate surface area is 130 Å². The summed E-state index contributed by atoms with van der Waals surface area (Å²) in [5.74, 6) is 1.50. The van der Waals surface area contributed by atoms with Gasteiger partial charge in [-0.25, -0.2) is 0 Å². The highest BCUT2D eigenvalue weighted by Crippen LogP contribution is 2.55. The SMILES string of the molecule is C[C@@H]1C(=O)C[C@H]2CC(C)(C)[C@H](OCOCC[Si](C)(C)C)[C@H]21. The molecule has 0 amide bonds. The summed E-state index contributed by atoms with van der Waals surface area (Å²) in [6, 6.07) is 1.17. The van der Waals surface area contributed by atoms with Crippen molar-refractivity contribution in [2.75, 3.05) is 13.4 Å². The number of ketones is 1. The molecule has 2 rings (SSSR count). The second kappa shape index (κ2) is 6.13. The van der Waals surface area contributed by atoms with Crippen molar-refractivity contribution in [3.05, 3.63) is 0 Å². The first kappa shape index (κ1) is 17.2. The summed E-state index contributed by atoms with van der Waals surface area (Å²) < 4.78 is 11.8. The average molecular weight is 313 g/mol. The zero-order chi connectivity index (χ0) is 15.8. The van der Waals surface area contributed by atoms with Gasteiger partial charge in [0.1, 0.15) is 12.6 Å². The highest BCUT2D eigenvalue weighted by atomic mass is 28.3. The van der Waals surface area contributed by atoms with Gasteiger partial charge in [0, 0.05) is 27.0 Å². The predicted octanol–water partition coefficient (Wildman–Crippen LogP) is 3.96. The van der Waals surface area contributed by atoms with Crippen LogP contribution in [0.2, 0.25) is 25.7 Å². The van der Waals surface area contributed by atoms with E-state index in [1.807, 2.05) is 0 Å². The molecular weight excluding hydrogens is 280 g/mol. The molecule has 0 saturated heterocycles. The summed E-state index contributed by atoms with van der Waals surface area (Å²) >= 11 is 0. The molecule has 0 N–H and O–H groups in total. The van der Waals surface area contributed by atoms with E-state index in [0.29, 0.717) is 24.4 Å². The lowest BCUT2D eigenvalue weighted by Crippen LogP contribution is -2.35. The quantitative estimate of drug-likeness (QED) is 0.423. The highest BCUT2D eigenvalue weighted by Gasteiger charge is 2.56. The van der Waals surface area contributed by atoms with E-state index >= 15 is 0 Å². The normalized spacial score (nSPS) is 35.2. The third-order valence-electron chi connectivity index (χ3n) is 5.33. The van der Waals surface area contributed by atoms with Crippen LogP contribution in [-0.2, 0) is 14.3 Å². The van der Waals surface area contributed by atoms with Gasteiger partial charge in [0.05, 0.1) is 6.10 Å². The van der Waals surface area contributed by atoms with Crippen molar-refractivity contribution >= 4 is 13.9 Å². The van der Waals surface area contributed by atoms with E-state index < -0.39 is 8.07 Å². The number of hydrogen-bond donors (Lipinski definition) is 0. The molecule has 0 bridgehead atoms. The van der Waals surface area contributed by atoms with Crippen molar-refractivity contribution in [3.63, 3.8) is 0 Å². The largest absolute Gasteiger partial charge is 0.356 e. The fourth-order valence-corrected chi connectivity index (χ4v) is 4.89. The van der Waals surface area contributed by atoms with Crippen LogP contribution in [-0.4, -0.2) is 33.4 Å². The van der Waals surface area contributed by atoms with E-state index in [2.05, 4.69) is 40.4 Å². The molecule has 3 nitrogen and oxygen atoms in total. The summed E-state index contributed by atoms with van der Waals surface area (Å²) in [4.78, 5) is 11.9. The molecule has 122 valence electrons. The van der Waals surface area contributed by atoms with Crippen molar-refractivity contribution in [3.8, 4) is 0 Å². The molecule has 4 atom stereocenters. The zero-order valence-corrected chi connectivity index (χ0v) is 15.6. The van der Waals surface area contributed by atoms with Gasteiger partial charge in [-0.05, 0) is 29.7 Å². The highest BCUT2D eigenvalue weighted by molar-refractivity contribution is 6.76. The maximum Gasteiger partial charge on any atom is 0.147 e. The molecule has 0 aliphatic heterocycles. The van der Waals surface area contributed by atoms with Gasteiger partial charge in [-0.3, -0.25) is 4.79 Å². The fraction of sp³-hybridized carbons (Fsp3) is 0.941. The zero-order valence-electron chi connectivity index (χ0n) is 14.6. The standard InChI is InChI=1S/C17H32O3Si/c1-12-14(18)9-13-10-17(2,3)16(15(12)13)20-11-19-7-8-21(4,5)6/h12-13,15-16H,7-11H2,1-6H3/t12-,13+,15+,16-/m1/s1. The number of carbonyl (C=O) groups is 1. The van der Waals surface area contributed by atoms with E-state index in [9.17, 15) is 4.79 Å². The van der Waals surface area contributed by atoms with E-state index in [1.54, 1.807) is 0 Å². The lowest BCUT2D eigenvalue weighted by Gasteiger charge is -2.32. The Kier molecular flexibility index (Phi) is 5.01. The molecule has 0 aromatic carbocycles. The van der Waals surface area contributed by atoms with Crippen molar-refractivity contribution in [1.29, 1.82) is 0 Å². The number of rotatable bonds is 6. The number of Topliss-reactive ketones (excluding diaryl/α,β-unsaturated/α-hetero) is 1. The third-order valence-corrected chi connectivity index (χ3v) is 7.03. The molecule has 2 fully saturated rings. The Bertz CT molecular complexity index is 386. The van der Waals surface area contributed by atoms with E-state index in [1.165, 1.54) is 6.04 Å².